The molecule has 0 radical (unpaired) electrons. The van der Waals surface area contributed by atoms with Gasteiger partial charge in [0.25, 0.3) is 11.7 Å². The predicted octanol–water partition coefficient (Wildman–Crippen LogP) is 5.28. The average molecular weight is 453 g/mol. The summed E-state index contributed by atoms with van der Waals surface area (Å²) in [5, 5.41) is 11.0. The van der Waals surface area contributed by atoms with E-state index in [1.807, 2.05) is 13.8 Å². The lowest BCUT2D eigenvalue weighted by Crippen LogP contribution is -2.29. The van der Waals surface area contributed by atoms with Gasteiger partial charge in [-0.15, -0.1) is 0 Å². The van der Waals surface area contributed by atoms with Crippen molar-refractivity contribution >= 4 is 23.1 Å². The van der Waals surface area contributed by atoms with Gasteiger partial charge in [0, 0.05) is 17.3 Å². The van der Waals surface area contributed by atoms with Gasteiger partial charge in [-0.3, -0.25) is 14.5 Å². The molecular formula is C25H21F2NO5. The molecule has 2 heterocycles. The fourth-order valence-corrected chi connectivity index (χ4v) is 3.72. The summed E-state index contributed by atoms with van der Waals surface area (Å²) in [4.78, 5) is 27.0. The summed E-state index contributed by atoms with van der Waals surface area (Å²) in [5.41, 5.74) is 0.00839. The molecule has 3 aromatic rings. The van der Waals surface area contributed by atoms with E-state index in [1.165, 1.54) is 6.07 Å². The second-order valence-electron chi connectivity index (χ2n) is 7.91. The minimum atomic E-state index is -1.18. The number of hydrogen-bond acceptors (Lipinski definition) is 5. The Kier molecular flexibility index (Phi) is 5.76. The molecule has 2 aromatic carbocycles. The first-order valence-corrected chi connectivity index (χ1v) is 10.3. The first kappa shape index (κ1) is 22.3. The highest BCUT2D eigenvalue weighted by atomic mass is 19.2. The Morgan fingerprint density at radius 3 is 2.30 bits per heavy atom. The van der Waals surface area contributed by atoms with Crippen LogP contribution in [-0.2, 0) is 9.59 Å². The lowest BCUT2D eigenvalue weighted by Gasteiger charge is -2.23. The Morgan fingerprint density at radius 1 is 1.03 bits per heavy atom. The first-order chi connectivity index (χ1) is 15.7. The average Bonchev–Trinajstić information content (AvgIpc) is 3.31. The van der Waals surface area contributed by atoms with E-state index in [2.05, 4.69) is 0 Å². The van der Waals surface area contributed by atoms with Gasteiger partial charge >= 0.3 is 0 Å². The van der Waals surface area contributed by atoms with Crippen molar-refractivity contribution in [2.75, 3.05) is 4.90 Å². The third-order valence-electron chi connectivity index (χ3n) is 5.16. The van der Waals surface area contributed by atoms with Crippen molar-refractivity contribution in [3.05, 3.63) is 88.9 Å². The van der Waals surface area contributed by atoms with Crippen LogP contribution in [0.2, 0.25) is 0 Å². The van der Waals surface area contributed by atoms with Gasteiger partial charge in [-0.1, -0.05) is 0 Å². The number of furan rings is 1. The summed E-state index contributed by atoms with van der Waals surface area (Å²) in [7, 11) is 0. The molecule has 1 atom stereocenters. The summed E-state index contributed by atoms with van der Waals surface area (Å²) in [5.74, 6) is -3.39. The number of hydrogen-bond donors (Lipinski definition) is 1. The molecule has 0 aliphatic carbocycles. The van der Waals surface area contributed by atoms with Crippen molar-refractivity contribution < 1.29 is 32.6 Å². The quantitative estimate of drug-likeness (QED) is 0.323. The molecule has 6 nitrogen and oxygen atoms in total. The smallest absolute Gasteiger partial charge is 0.300 e. The van der Waals surface area contributed by atoms with Crippen LogP contribution in [0.15, 0.2) is 64.6 Å². The summed E-state index contributed by atoms with van der Waals surface area (Å²) < 4.78 is 38.7. The molecule has 1 unspecified atom stereocenters. The van der Waals surface area contributed by atoms with Gasteiger partial charge in [-0.2, -0.15) is 0 Å². The van der Waals surface area contributed by atoms with Crippen LogP contribution in [-0.4, -0.2) is 22.9 Å². The second-order valence-corrected chi connectivity index (χ2v) is 7.91. The van der Waals surface area contributed by atoms with E-state index in [1.54, 1.807) is 43.3 Å². The standard InChI is InChI=1S/C25H21F2NO5/c1-13(2)32-17-8-5-15(6-9-17)23(29)21-22(20-11-4-14(3)33-20)28(25(31)24(21)30)16-7-10-18(26)19(27)12-16/h4-13,22,29H,1-3H3/b23-21-. The lowest BCUT2D eigenvalue weighted by atomic mass is 9.99. The van der Waals surface area contributed by atoms with Crippen molar-refractivity contribution in [3.8, 4) is 5.75 Å². The van der Waals surface area contributed by atoms with E-state index in [-0.39, 0.29) is 28.7 Å². The number of ether oxygens (including phenoxy) is 1. The number of aliphatic hydroxyl groups is 1. The highest BCUT2D eigenvalue weighted by molar-refractivity contribution is 6.51. The minimum Gasteiger partial charge on any atom is -0.507 e. The van der Waals surface area contributed by atoms with E-state index < -0.39 is 35.1 Å². The number of carbonyl (C=O) groups excluding carboxylic acids is 2. The molecule has 0 bridgehead atoms. The third-order valence-corrected chi connectivity index (χ3v) is 5.16. The van der Waals surface area contributed by atoms with E-state index in [0.29, 0.717) is 11.5 Å². The predicted molar refractivity (Wildman–Crippen MR) is 117 cm³/mol. The highest BCUT2D eigenvalue weighted by Crippen LogP contribution is 2.43. The van der Waals surface area contributed by atoms with Crippen LogP contribution in [0.1, 0.15) is 37.0 Å². The maximum absolute atomic E-state index is 13.9. The number of aliphatic hydroxyl groups excluding tert-OH is 1. The maximum Gasteiger partial charge on any atom is 0.300 e. The first-order valence-electron chi connectivity index (χ1n) is 10.3. The normalized spacial score (nSPS) is 17.8. The zero-order valence-corrected chi connectivity index (χ0v) is 18.1. The lowest BCUT2D eigenvalue weighted by molar-refractivity contribution is -0.132. The zero-order chi connectivity index (χ0) is 23.9. The van der Waals surface area contributed by atoms with Gasteiger partial charge in [0.05, 0.1) is 11.7 Å². The van der Waals surface area contributed by atoms with E-state index in [9.17, 15) is 23.5 Å². The fourth-order valence-electron chi connectivity index (χ4n) is 3.72. The molecule has 1 fully saturated rings. The second kappa shape index (κ2) is 8.54. The molecule has 1 N–H and O–H groups in total. The largest absolute Gasteiger partial charge is 0.507 e. The number of nitrogens with zero attached hydrogens (tertiary/aromatic N) is 1. The number of halogens is 2. The van der Waals surface area contributed by atoms with Crippen LogP contribution in [0.25, 0.3) is 5.76 Å². The van der Waals surface area contributed by atoms with Gasteiger partial charge < -0.3 is 14.3 Å². The number of Topliss-reactive ketones (excluding diaryl/α,β-unsaturated/α-hetero) is 1. The topological polar surface area (TPSA) is 80.0 Å². The van der Waals surface area contributed by atoms with Crippen LogP contribution < -0.4 is 9.64 Å². The number of rotatable bonds is 5. The number of anilines is 1. The number of ketones is 1. The summed E-state index contributed by atoms with van der Waals surface area (Å²) in [6.07, 6.45) is -0.0481. The van der Waals surface area contributed by atoms with Crippen LogP contribution in [0.4, 0.5) is 14.5 Å². The number of aryl methyl sites for hydroxylation is 1. The molecular weight excluding hydrogens is 432 g/mol. The summed E-state index contributed by atoms with van der Waals surface area (Å²) >= 11 is 0. The van der Waals surface area contributed by atoms with Crippen molar-refractivity contribution in [1.29, 1.82) is 0 Å². The summed E-state index contributed by atoms with van der Waals surface area (Å²) in [6.45, 7) is 5.43. The minimum absolute atomic E-state index is 0.0465. The third kappa shape index (κ3) is 4.11. The van der Waals surface area contributed by atoms with E-state index >= 15 is 0 Å². The Bertz CT molecular complexity index is 1260. The Labute approximate surface area is 188 Å². The van der Waals surface area contributed by atoms with Crippen molar-refractivity contribution in [2.24, 2.45) is 0 Å². The number of benzene rings is 2. The fraction of sp³-hybridized carbons (Fsp3) is 0.200. The number of carbonyl (C=O) groups is 2. The van der Waals surface area contributed by atoms with Gasteiger partial charge in [0.2, 0.25) is 0 Å². The molecule has 33 heavy (non-hydrogen) atoms. The van der Waals surface area contributed by atoms with Gasteiger partial charge in [0.1, 0.15) is 29.1 Å². The van der Waals surface area contributed by atoms with Crippen molar-refractivity contribution in [2.45, 2.75) is 32.9 Å². The van der Waals surface area contributed by atoms with Crippen LogP contribution in [0, 0.1) is 18.6 Å². The molecule has 1 amide bonds. The molecule has 8 heteroatoms. The Balaban J connectivity index is 1.86. The zero-order valence-electron chi connectivity index (χ0n) is 18.1. The Morgan fingerprint density at radius 2 is 1.73 bits per heavy atom. The Hall–Kier alpha value is -3.94. The van der Waals surface area contributed by atoms with Gasteiger partial charge in [-0.05, 0) is 69.3 Å². The van der Waals surface area contributed by atoms with E-state index in [0.717, 1.165) is 17.0 Å². The number of amides is 1. The molecule has 1 saturated heterocycles. The van der Waals surface area contributed by atoms with Crippen LogP contribution in [0.3, 0.4) is 0 Å². The van der Waals surface area contributed by atoms with Crippen molar-refractivity contribution in [3.63, 3.8) is 0 Å². The molecule has 1 aliphatic rings. The van der Waals surface area contributed by atoms with Crippen LogP contribution in [0.5, 0.6) is 5.75 Å². The molecule has 1 aliphatic heterocycles. The van der Waals surface area contributed by atoms with Crippen LogP contribution >= 0.6 is 0 Å². The SMILES string of the molecule is Cc1ccc(C2/C(=C(/O)c3ccc(OC(C)C)cc3)C(=O)C(=O)N2c2ccc(F)c(F)c2)o1. The van der Waals surface area contributed by atoms with E-state index in [4.69, 9.17) is 9.15 Å². The summed E-state index contributed by atoms with van der Waals surface area (Å²) in [6, 6.07) is 11.3. The maximum atomic E-state index is 13.9. The molecule has 1 aromatic heterocycles. The van der Waals surface area contributed by atoms with Gasteiger partial charge in [-0.25, -0.2) is 8.78 Å². The molecule has 170 valence electrons. The van der Waals surface area contributed by atoms with Crippen molar-refractivity contribution in [1.82, 2.24) is 0 Å². The highest BCUT2D eigenvalue weighted by Gasteiger charge is 2.48. The molecule has 0 saturated carbocycles. The molecule has 0 spiro atoms. The van der Waals surface area contributed by atoms with Gasteiger partial charge in [0.15, 0.2) is 11.6 Å². The molecule has 4 rings (SSSR count). The monoisotopic (exact) mass is 453 g/mol.